The minimum absolute atomic E-state index is 0.231. The first-order chi connectivity index (χ1) is 13.0. The Morgan fingerprint density at radius 2 is 1.18 bits per heavy atom. The molecule has 2 amide bonds. The molecule has 158 valence electrons. The average Bonchev–Trinajstić information content (AvgIpc) is 2.60. The van der Waals surface area contributed by atoms with E-state index < -0.39 is 0 Å². The number of likely N-dealkylation sites (N-methyl/N-ethyl adjacent to an activating group) is 2. The third-order valence-electron chi connectivity index (χ3n) is 5.02. The highest BCUT2D eigenvalue weighted by Crippen LogP contribution is 2.08. The van der Waals surface area contributed by atoms with Crippen LogP contribution in [0.4, 0.5) is 0 Å². The average molecular weight is 392 g/mol. The highest BCUT2D eigenvalue weighted by Gasteiger charge is 2.20. The van der Waals surface area contributed by atoms with Crippen molar-refractivity contribution in [1.82, 2.24) is 25.4 Å². The molecule has 7 heteroatoms. The maximum Gasteiger partial charge on any atom is 0.269 e. The second-order valence-corrected chi connectivity index (χ2v) is 8.38. The molecule has 0 spiro atoms. The van der Waals surface area contributed by atoms with Crippen LogP contribution in [-0.4, -0.2) is 80.0 Å². The van der Waals surface area contributed by atoms with E-state index in [0.717, 1.165) is 0 Å². The lowest BCUT2D eigenvalue weighted by Gasteiger charge is -2.28. The normalized spacial score (nSPS) is 13.9. The Morgan fingerprint density at radius 1 is 0.821 bits per heavy atom. The molecular formula is C21H37N5O2. The minimum atomic E-state index is -0.268. The van der Waals surface area contributed by atoms with Gasteiger partial charge in [-0.1, -0.05) is 33.8 Å². The third-order valence-corrected chi connectivity index (χ3v) is 5.02. The van der Waals surface area contributed by atoms with Crippen LogP contribution in [0, 0.1) is 11.8 Å². The number of nitrogens with zero attached hydrogens (tertiary/aromatic N) is 3. The summed E-state index contributed by atoms with van der Waals surface area (Å²) >= 11 is 0. The van der Waals surface area contributed by atoms with Crippen molar-refractivity contribution >= 4 is 11.8 Å². The van der Waals surface area contributed by atoms with Crippen LogP contribution < -0.4 is 10.6 Å². The van der Waals surface area contributed by atoms with Crippen molar-refractivity contribution in [2.45, 2.75) is 39.8 Å². The number of hydrogen-bond donors (Lipinski definition) is 2. The SMILES string of the molecule is CC(C)C(CNC(=O)c1cccc(C(=O)NCC(C(C)C)N(C)C)n1)N(C)C. The van der Waals surface area contributed by atoms with E-state index >= 15 is 0 Å². The van der Waals surface area contributed by atoms with Crippen LogP contribution in [0.3, 0.4) is 0 Å². The summed E-state index contributed by atoms with van der Waals surface area (Å²) in [5.41, 5.74) is 0.504. The molecule has 7 nitrogen and oxygen atoms in total. The molecule has 1 aromatic rings. The summed E-state index contributed by atoms with van der Waals surface area (Å²) in [6.45, 7) is 9.55. The summed E-state index contributed by atoms with van der Waals surface area (Å²) in [5, 5.41) is 5.85. The molecule has 28 heavy (non-hydrogen) atoms. The predicted octanol–water partition coefficient (Wildman–Crippen LogP) is 1.71. The van der Waals surface area contributed by atoms with Gasteiger partial charge in [0.15, 0.2) is 0 Å². The van der Waals surface area contributed by atoms with E-state index in [9.17, 15) is 9.59 Å². The second-order valence-electron chi connectivity index (χ2n) is 8.38. The van der Waals surface area contributed by atoms with Gasteiger partial charge in [0, 0.05) is 25.2 Å². The molecule has 0 fully saturated rings. The lowest BCUT2D eigenvalue weighted by atomic mass is 10.0. The summed E-state index contributed by atoms with van der Waals surface area (Å²) in [5.74, 6) is 0.280. The van der Waals surface area contributed by atoms with Gasteiger partial charge < -0.3 is 20.4 Å². The predicted molar refractivity (Wildman–Crippen MR) is 114 cm³/mol. The fourth-order valence-corrected chi connectivity index (χ4v) is 3.29. The Balaban J connectivity index is 2.74. The number of carbonyl (C=O) groups is 2. The fraction of sp³-hybridized carbons (Fsp3) is 0.667. The molecular weight excluding hydrogens is 354 g/mol. The lowest BCUT2D eigenvalue weighted by Crippen LogP contribution is -2.44. The van der Waals surface area contributed by atoms with E-state index in [0.29, 0.717) is 24.9 Å². The van der Waals surface area contributed by atoms with Gasteiger partial charge in [0.05, 0.1) is 0 Å². The number of nitrogens with one attached hydrogen (secondary N) is 2. The largest absolute Gasteiger partial charge is 0.349 e. The minimum Gasteiger partial charge on any atom is -0.349 e. The van der Waals surface area contributed by atoms with Crippen LogP contribution in [0.25, 0.3) is 0 Å². The van der Waals surface area contributed by atoms with Crippen molar-refractivity contribution in [2.24, 2.45) is 11.8 Å². The van der Waals surface area contributed by atoms with E-state index in [4.69, 9.17) is 0 Å². The highest BCUT2D eigenvalue weighted by molar-refractivity contribution is 5.96. The molecule has 0 saturated carbocycles. The van der Waals surface area contributed by atoms with Crippen molar-refractivity contribution < 1.29 is 9.59 Å². The van der Waals surface area contributed by atoms with E-state index in [1.807, 2.05) is 28.2 Å². The van der Waals surface area contributed by atoms with Gasteiger partial charge in [-0.3, -0.25) is 9.59 Å². The smallest absolute Gasteiger partial charge is 0.269 e. The molecule has 2 atom stereocenters. The van der Waals surface area contributed by atoms with Gasteiger partial charge in [0.2, 0.25) is 0 Å². The Labute approximate surface area is 169 Å². The van der Waals surface area contributed by atoms with E-state index in [2.05, 4.69) is 53.1 Å². The summed E-state index contributed by atoms with van der Waals surface area (Å²) in [4.78, 5) is 33.4. The zero-order chi connectivity index (χ0) is 21.4. The molecule has 1 heterocycles. The molecule has 0 saturated heterocycles. The number of aromatic nitrogens is 1. The second kappa shape index (κ2) is 11.1. The Morgan fingerprint density at radius 3 is 1.46 bits per heavy atom. The maximum atomic E-state index is 12.5. The van der Waals surface area contributed by atoms with E-state index in [1.54, 1.807) is 18.2 Å². The molecule has 1 rings (SSSR count). The van der Waals surface area contributed by atoms with E-state index in [-0.39, 0.29) is 35.3 Å². The molecule has 0 aliphatic rings. The number of carbonyl (C=O) groups excluding carboxylic acids is 2. The molecule has 0 radical (unpaired) electrons. The Bertz CT molecular complexity index is 576. The Kier molecular flexibility index (Phi) is 9.55. The monoisotopic (exact) mass is 391 g/mol. The van der Waals surface area contributed by atoms with Crippen molar-refractivity contribution in [3.8, 4) is 0 Å². The number of amides is 2. The number of pyridine rings is 1. The van der Waals surface area contributed by atoms with Crippen LogP contribution in [-0.2, 0) is 0 Å². The van der Waals surface area contributed by atoms with Gasteiger partial charge >= 0.3 is 0 Å². The van der Waals surface area contributed by atoms with Crippen molar-refractivity contribution in [3.05, 3.63) is 29.6 Å². The van der Waals surface area contributed by atoms with E-state index in [1.165, 1.54) is 0 Å². The number of rotatable bonds is 10. The number of hydrogen-bond acceptors (Lipinski definition) is 5. The highest BCUT2D eigenvalue weighted by atomic mass is 16.2. The van der Waals surface area contributed by atoms with Gasteiger partial charge in [-0.05, 0) is 52.2 Å². The topological polar surface area (TPSA) is 77.6 Å². The van der Waals surface area contributed by atoms with Crippen LogP contribution in [0.5, 0.6) is 0 Å². The van der Waals surface area contributed by atoms with Gasteiger partial charge in [0.25, 0.3) is 11.8 Å². The lowest BCUT2D eigenvalue weighted by molar-refractivity contribution is 0.0925. The third kappa shape index (κ3) is 7.20. The molecule has 0 aliphatic carbocycles. The quantitative estimate of drug-likeness (QED) is 0.635. The fourth-order valence-electron chi connectivity index (χ4n) is 3.29. The first-order valence-corrected chi connectivity index (χ1v) is 9.90. The van der Waals surface area contributed by atoms with Crippen LogP contribution >= 0.6 is 0 Å². The first kappa shape index (κ1) is 24.0. The zero-order valence-electron chi connectivity index (χ0n) is 18.6. The van der Waals surface area contributed by atoms with Crippen molar-refractivity contribution in [3.63, 3.8) is 0 Å². The molecule has 2 unspecified atom stereocenters. The molecule has 0 aromatic carbocycles. The molecule has 2 N–H and O–H groups in total. The van der Waals surface area contributed by atoms with Crippen molar-refractivity contribution in [1.29, 1.82) is 0 Å². The summed E-state index contributed by atoms with van der Waals surface area (Å²) in [6.07, 6.45) is 0. The van der Waals surface area contributed by atoms with Crippen LogP contribution in [0.2, 0.25) is 0 Å². The molecule has 0 aliphatic heterocycles. The van der Waals surface area contributed by atoms with Gasteiger partial charge in [-0.15, -0.1) is 0 Å². The summed E-state index contributed by atoms with van der Waals surface area (Å²) < 4.78 is 0. The maximum absolute atomic E-state index is 12.5. The molecule has 1 aromatic heterocycles. The van der Waals surface area contributed by atoms with Gasteiger partial charge in [0.1, 0.15) is 11.4 Å². The standard InChI is InChI=1S/C21H37N5O2/c1-14(2)18(25(5)6)12-22-20(27)16-10-9-11-17(24-16)21(28)23-13-19(15(3)4)26(7)8/h9-11,14-15,18-19H,12-13H2,1-8H3,(H,22,27)(H,23,28). The first-order valence-electron chi connectivity index (χ1n) is 9.90. The van der Waals surface area contributed by atoms with Gasteiger partial charge in [-0.25, -0.2) is 4.98 Å². The molecule has 0 bridgehead atoms. The zero-order valence-corrected chi connectivity index (χ0v) is 18.6. The van der Waals surface area contributed by atoms with Gasteiger partial charge in [-0.2, -0.15) is 0 Å². The summed E-state index contributed by atoms with van der Waals surface area (Å²) in [7, 11) is 7.99. The van der Waals surface area contributed by atoms with Crippen LogP contribution in [0.1, 0.15) is 48.7 Å². The Hall–Kier alpha value is -1.99. The summed E-state index contributed by atoms with van der Waals surface area (Å²) in [6, 6.07) is 5.41. The van der Waals surface area contributed by atoms with Crippen LogP contribution in [0.15, 0.2) is 18.2 Å². The van der Waals surface area contributed by atoms with Crippen molar-refractivity contribution in [2.75, 3.05) is 41.3 Å².